The van der Waals surface area contributed by atoms with Crippen molar-refractivity contribution in [3.63, 3.8) is 0 Å². The van der Waals surface area contributed by atoms with E-state index in [9.17, 15) is 0 Å². The van der Waals surface area contributed by atoms with Gasteiger partial charge in [-0.25, -0.2) is 0 Å². The Kier molecular flexibility index (Phi) is 6.11. The molecule has 0 heterocycles. The molecule has 0 nitrogen and oxygen atoms in total. The van der Waals surface area contributed by atoms with E-state index in [1.807, 2.05) is 30.3 Å². The summed E-state index contributed by atoms with van der Waals surface area (Å²) in [4.78, 5) is 0. The maximum absolute atomic E-state index is 6.26. The average Bonchev–Trinajstić information content (AvgIpc) is 2.49. The van der Waals surface area contributed by atoms with Crippen molar-refractivity contribution >= 4 is 58.0 Å². The zero-order valence-electron chi connectivity index (χ0n) is 11.1. The molecule has 0 spiro atoms. The second-order valence-corrected chi connectivity index (χ2v) is 6.78. The van der Waals surface area contributed by atoms with Crippen molar-refractivity contribution in [2.24, 2.45) is 0 Å². The normalized spacial score (nSPS) is 11.7. The second kappa shape index (κ2) is 7.44. The van der Waals surface area contributed by atoms with E-state index in [-0.39, 0.29) is 0 Å². The Balaban J connectivity index is 2.42. The first kappa shape index (κ1) is 17.2. The molecule has 0 radical (unpaired) electrons. The summed E-state index contributed by atoms with van der Waals surface area (Å²) in [5, 5.41) is 1.98. The SMILES string of the molecule is ClCC(CCl)(Cc1cc(Cl)ccc1Cl)c1ccc(Cl)cc1. The highest BCUT2D eigenvalue weighted by molar-refractivity contribution is 6.33. The number of benzene rings is 2. The van der Waals surface area contributed by atoms with Crippen molar-refractivity contribution in [2.75, 3.05) is 11.8 Å². The summed E-state index contributed by atoms with van der Waals surface area (Å²) in [6.07, 6.45) is 0.612. The van der Waals surface area contributed by atoms with Gasteiger partial charge in [-0.3, -0.25) is 0 Å². The predicted octanol–water partition coefficient (Wildman–Crippen LogP) is 6.60. The Labute approximate surface area is 149 Å². The van der Waals surface area contributed by atoms with Crippen molar-refractivity contribution in [1.82, 2.24) is 0 Å². The van der Waals surface area contributed by atoms with E-state index in [2.05, 4.69) is 0 Å². The molecule has 0 aliphatic carbocycles. The molecule has 0 N–H and O–H groups in total. The monoisotopic (exact) mass is 380 g/mol. The average molecular weight is 383 g/mol. The molecular formula is C16H13Cl5. The number of alkyl halides is 2. The van der Waals surface area contributed by atoms with Crippen molar-refractivity contribution in [3.05, 3.63) is 68.7 Å². The topological polar surface area (TPSA) is 0 Å². The van der Waals surface area contributed by atoms with Crippen LogP contribution in [0.15, 0.2) is 42.5 Å². The third-order valence-corrected chi connectivity index (χ3v) is 5.38. The fraction of sp³-hybridized carbons (Fsp3) is 0.250. The van der Waals surface area contributed by atoms with Gasteiger partial charge in [-0.1, -0.05) is 46.9 Å². The Morgan fingerprint density at radius 1 is 0.762 bits per heavy atom. The van der Waals surface area contributed by atoms with Crippen LogP contribution in [-0.4, -0.2) is 11.8 Å². The van der Waals surface area contributed by atoms with Crippen molar-refractivity contribution in [3.8, 4) is 0 Å². The number of hydrogen-bond acceptors (Lipinski definition) is 0. The molecule has 21 heavy (non-hydrogen) atoms. The molecule has 112 valence electrons. The molecule has 0 saturated carbocycles. The molecule has 0 aliphatic rings. The summed E-state index contributed by atoms with van der Waals surface area (Å²) < 4.78 is 0. The third-order valence-electron chi connectivity index (χ3n) is 3.50. The van der Waals surface area contributed by atoms with Gasteiger partial charge in [-0.15, -0.1) is 23.2 Å². The van der Waals surface area contributed by atoms with Gasteiger partial charge in [0.25, 0.3) is 0 Å². The zero-order valence-corrected chi connectivity index (χ0v) is 14.8. The molecule has 0 bridgehead atoms. The number of halogens is 5. The summed E-state index contributed by atoms with van der Waals surface area (Å²) in [5.41, 5.74) is 1.55. The van der Waals surface area contributed by atoms with Gasteiger partial charge in [-0.2, -0.15) is 0 Å². The fourth-order valence-electron chi connectivity index (χ4n) is 2.23. The minimum Gasteiger partial charge on any atom is -0.126 e. The van der Waals surface area contributed by atoms with Gasteiger partial charge in [0.1, 0.15) is 0 Å². The second-order valence-electron chi connectivity index (χ2n) is 4.97. The maximum atomic E-state index is 6.26. The highest BCUT2D eigenvalue weighted by atomic mass is 35.5. The van der Waals surface area contributed by atoms with Gasteiger partial charge < -0.3 is 0 Å². The van der Waals surface area contributed by atoms with Gasteiger partial charge in [0.05, 0.1) is 0 Å². The Bertz CT molecular complexity index is 603. The van der Waals surface area contributed by atoms with Gasteiger partial charge in [0.2, 0.25) is 0 Å². The molecule has 0 aromatic heterocycles. The molecule has 5 heteroatoms. The Morgan fingerprint density at radius 3 is 1.90 bits per heavy atom. The summed E-state index contributed by atoms with van der Waals surface area (Å²) in [5.74, 6) is 0.752. The Hall–Kier alpha value is -0.110. The van der Waals surface area contributed by atoms with Crippen LogP contribution in [0.1, 0.15) is 11.1 Å². The molecule has 2 aromatic carbocycles. The lowest BCUT2D eigenvalue weighted by atomic mass is 9.79. The lowest BCUT2D eigenvalue weighted by Gasteiger charge is -2.31. The van der Waals surface area contributed by atoms with Crippen LogP contribution >= 0.6 is 58.0 Å². The summed E-state index contributed by atoms with van der Waals surface area (Å²) in [7, 11) is 0. The van der Waals surface area contributed by atoms with Crippen molar-refractivity contribution < 1.29 is 0 Å². The van der Waals surface area contributed by atoms with E-state index in [1.165, 1.54) is 0 Å². The van der Waals surface area contributed by atoms with Crippen LogP contribution in [0, 0.1) is 0 Å². The van der Waals surface area contributed by atoms with E-state index in [0.717, 1.165) is 11.1 Å². The third kappa shape index (κ3) is 4.00. The van der Waals surface area contributed by atoms with Crippen LogP contribution in [0.2, 0.25) is 15.1 Å². The van der Waals surface area contributed by atoms with Crippen LogP contribution < -0.4 is 0 Å². The van der Waals surface area contributed by atoms with Crippen molar-refractivity contribution in [1.29, 1.82) is 0 Å². The lowest BCUT2D eigenvalue weighted by molar-refractivity contribution is 0.536. The van der Waals surface area contributed by atoms with Crippen LogP contribution in [0.5, 0.6) is 0 Å². The first-order valence-corrected chi connectivity index (χ1v) is 8.53. The Morgan fingerprint density at radius 2 is 1.33 bits per heavy atom. The van der Waals surface area contributed by atoms with Gasteiger partial charge in [0.15, 0.2) is 0 Å². The molecule has 0 fully saturated rings. The van der Waals surface area contributed by atoms with Gasteiger partial charge in [-0.05, 0) is 47.9 Å². The maximum Gasteiger partial charge on any atom is 0.0439 e. The van der Waals surface area contributed by atoms with Gasteiger partial charge in [0, 0.05) is 32.2 Å². The van der Waals surface area contributed by atoms with Crippen LogP contribution in [0.3, 0.4) is 0 Å². The summed E-state index contributed by atoms with van der Waals surface area (Å²) in [6, 6.07) is 13.0. The van der Waals surface area contributed by atoms with Gasteiger partial charge >= 0.3 is 0 Å². The van der Waals surface area contributed by atoms with Crippen LogP contribution in [-0.2, 0) is 11.8 Å². The molecule has 0 atom stereocenters. The summed E-state index contributed by atoms with van der Waals surface area (Å²) in [6.45, 7) is 0. The first-order valence-electron chi connectivity index (χ1n) is 6.33. The number of rotatable bonds is 5. The molecular weight excluding hydrogens is 369 g/mol. The summed E-state index contributed by atoms with van der Waals surface area (Å²) >= 11 is 30.8. The van der Waals surface area contributed by atoms with Crippen LogP contribution in [0.25, 0.3) is 0 Å². The van der Waals surface area contributed by atoms with Crippen molar-refractivity contribution in [2.45, 2.75) is 11.8 Å². The quantitative estimate of drug-likeness (QED) is 0.511. The van der Waals surface area contributed by atoms with E-state index >= 15 is 0 Å². The lowest BCUT2D eigenvalue weighted by Crippen LogP contribution is -2.33. The molecule has 0 amide bonds. The fourth-order valence-corrected chi connectivity index (χ4v) is 3.52. The van der Waals surface area contributed by atoms with E-state index < -0.39 is 5.41 Å². The zero-order chi connectivity index (χ0) is 15.5. The molecule has 0 unspecified atom stereocenters. The standard InChI is InChI=1S/C16H13Cl5/c17-9-16(10-18,12-1-3-13(19)4-2-12)8-11-7-14(20)5-6-15(11)21/h1-7H,8-10H2. The smallest absolute Gasteiger partial charge is 0.0439 e. The van der Waals surface area contributed by atoms with E-state index in [4.69, 9.17) is 58.0 Å². The molecule has 2 rings (SSSR count). The van der Waals surface area contributed by atoms with E-state index in [1.54, 1.807) is 12.1 Å². The highest BCUT2D eigenvalue weighted by Gasteiger charge is 2.31. The molecule has 2 aromatic rings. The minimum atomic E-state index is -0.415. The minimum absolute atomic E-state index is 0.376. The highest BCUT2D eigenvalue weighted by Crippen LogP contribution is 2.35. The predicted molar refractivity (Wildman–Crippen MR) is 94.7 cm³/mol. The first-order chi connectivity index (χ1) is 10.0. The molecule has 0 saturated heterocycles. The van der Waals surface area contributed by atoms with Crippen LogP contribution in [0.4, 0.5) is 0 Å². The van der Waals surface area contributed by atoms with E-state index in [0.29, 0.717) is 33.2 Å². The largest absolute Gasteiger partial charge is 0.126 e. The number of hydrogen-bond donors (Lipinski definition) is 0. The molecule has 0 aliphatic heterocycles.